The highest BCUT2D eigenvalue weighted by atomic mass is 19.1. The first kappa shape index (κ1) is 20.7. The molecular formula is C25H26FNO2. The molecule has 0 saturated heterocycles. The molecular weight excluding hydrogens is 365 g/mol. The zero-order valence-corrected chi connectivity index (χ0v) is 16.5. The Bertz CT molecular complexity index is 858. The Balaban J connectivity index is 1.63. The summed E-state index contributed by atoms with van der Waals surface area (Å²) in [4.78, 5) is 12.7. The summed E-state index contributed by atoms with van der Waals surface area (Å²) >= 11 is 0. The molecule has 0 heterocycles. The fourth-order valence-corrected chi connectivity index (χ4v) is 3.53. The molecule has 150 valence electrons. The van der Waals surface area contributed by atoms with Gasteiger partial charge in [-0.05, 0) is 42.2 Å². The van der Waals surface area contributed by atoms with E-state index in [1.165, 1.54) is 12.1 Å². The summed E-state index contributed by atoms with van der Waals surface area (Å²) in [7, 11) is 0. The average molecular weight is 391 g/mol. The van der Waals surface area contributed by atoms with E-state index in [0.717, 1.165) is 11.1 Å². The Labute approximate surface area is 171 Å². The third-order valence-electron chi connectivity index (χ3n) is 5.03. The summed E-state index contributed by atoms with van der Waals surface area (Å²) in [6, 6.07) is 25.5. The maximum Gasteiger partial charge on any atom is 0.221 e. The fourth-order valence-electron chi connectivity index (χ4n) is 3.53. The van der Waals surface area contributed by atoms with Crippen LogP contribution in [0.4, 0.5) is 4.39 Å². The number of hydrogen-bond acceptors (Lipinski definition) is 2. The number of amides is 1. The molecule has 29 heavy (non-hydrogen) atoms. The van der Waals surface area contributed by atoms with E-state index in [-0.39, 0.29) is 23.7 Å². The lowest BCUT2D eigenvalue weighted by Crippen LogP contribution is -2.34. The summed E-state index contributed by atoms with van der Waals surface area (Å²) in [5, 5.41) is 13.3. The maximum atomic E-state index is 13.0. The van der Waals surface area contributed by atoms with Gasteiger partial charge in [0.2, 0.25) is 5.91 Å². The first-order chi connectivity index (χ1) is 14.0. The van der Waals surface area contributed by atoms with Gasteiger partial charge in [-0.15, -0.1) is 0 Å². The molecule has 0 aliphatic rings. The lowest BCUT2D eigenvalue weighted by atomic mass is 9.88. The van der Waals surface area contributed by atoms with Crippen molar-refractivity contribution in [2.24, 2.45) is 0 Å². The first-order valence-corrected chi connectivity index (χ1v) is 9.85. The lowest BCUT2D eigenvalue weighted by Gasteiger charge is -2.21. The number of carbonyl (C=O) groups excluding carboxylic acids is 1. The Kier molecular flexibility index (Phi) is 7.14. The second-order valence-corrected chi connectivity index (χ2v) is 7.35. The van der Waals surface area contributed by atoms with Crippen LogP contribution < -0.4 is 5.32 Å². The van der Waals surface area contributed by atoms with Crippen molar-refractivity contribution in [1.82, 2.24) is 5.32 Å². The average Bonchev–Trinajstić information content (AvgIpc) is 2.73. The topological polar surface area (TPSA) is 49.3 Å². The van der Waals surface area contributed by atoms with Gasteiger partial charge in [-0.25, -0.2) is 4.39 Å². The van der Waals surface area contributed by atoms with Crippen molar-refractivity contribution in [1.29, 1.82) is 0 Å². The Morgan fingerprint density at radius 3 is 1.90 bits per heavy atom. The molecule has 0 fully saturated rings. The van der Waals surface area contributed by atoms with Crippen LogP contribution in [0.2, 0.25) is 0 Å². The van der Waals surface area contributed by atoms with Crippen molar-refractivity contribution in [3.05, 3.63) is 107 Å². The van der Waals surface area contributed by atoms with E-state index >= 15 is 0 Å². The van der Waals surface area contributed by atoms with Crippen LogP contribution in [0.1, 0.15) is 48.5 Å². The predicted octanol–water partition coefficient (Wildman–Crippen LogP) is 4.98. The number of nitrogens with one attached hydrogen (secondary N) is 1. The number of carbonyl (C=O) groups is 1. The Hall–Kier alpha value is -2.98. The molecule has 0 saturated carbocycles. The molecule has 1 amide bonds. The first-order valence-electron chi connectivity index (χ1n) is 9.85. The third-order valence-corrected chi connectivity index (χ3v) is 5.03. The monoisotopic (exact) mass is 391 g/mol. The Morgan fingerprint density at radius 2 is 1.38 bits per heavy atom. The lowest BCUT2D eigenvalue weighted by molar-refractivity contribution is -0.122. The van der Waals surface area contributed by atoms with Crippen LogP contribution in [0.3, 0.4) is 0 Å². The smallest absolute Gasteiger partial charge is 0.221 e. The molecule has 0 radical (unpaired) electrons. The molecule has 2 N–H and O–H groups in total. The highest BCUT2D eigenvalue weighted by Gasteiger charge is 2.20. The Morgan fingerprint density at radius 1 is 0.862 bits per heavy atom. The summed E-state index contributed by atoms with van der Waals surface area (Å²) in [5.74, 6) is -0.441. The minimum absolute atomic E-state index is 0.0355. The van der Waals surface area contributed by atoms with Crippen molar-refractivity contribution in [3.63, 3.8) is 0 Å². The van der Waals surface area contributed by atoms with Crippen LogP contribution in [0.5, 0.6) is 0 Å². The number of benzene rings is 3. The van der Waals surface area contributed by atoms with Gasteiger partial charge < -0.3 is 10.4 Å². The molecule has 2 atom stereocenters. The van der Waals surface area contributed by atoms with Crippen LogP contribution in [0, 0.1) is 5.82 Å². The molecule has 0 unspecified atom stereocenters. The molecule has 3 aromatic carbocycles. The third kappa shape index (κ3) is 6.00. The molecule has 4 heteroatoms. The summed E-state index contributed by atoms with van der Waals surface area (Å²) < 4.78 is 13.0. The van der Waals surface area contributed by atoms with E-state index in [2.05, 4.69) is 5.32 Å². The minimum Gasteiger partial charge on any atom is -0.388 e. The van der Waals surface area contributed by atoms with Crippen molar-refractivity contribution >= 4 is 5.91 Å². The van der Waals surface area contributed by atoms with E-state index in [1.54, 1.807) is 12.1 Å². The number of aliphatic hydroxyl groups is 1. The van der Waals surface area contributed by atoms with Crippen LogP contribution in [-0.2, 0) is 4.79 Å². The number of rotatable bonds is 8. The maximum absolute atomic E-state index is 13.0. The van der Waals surface area contributed by atoms with Gasteiger partial charge in [0, 0.05) is 18.4 Å². The fraction of sp³-hybridized carbons (Fsp3) is 0.240. The molecule has 0 aliphatic carbocycles. The van der Waals surface area contributed by atoms with Crippen molar-refractivity contribution < 1.29 is 14.3 Å². The van der Waals surface area contributed by atoms with Crippen LogP contribution in [0.25, 0.3) is 0 Å². The number of aliphatic hydroxyl groups excluding tert-OH is 1. The van der Waals surface area contributed by atoms with Gasteiger partial charge in [0.25, 0.3) is 0 Å². The summed E-state index contributed by atoms with van der Waals surface area (Å²) in [5.41, 5.74) is 2.82. The van der Waals surface area contributed by atoms with Crippen molar-refractivity contribution in [2.75, 3.05) is 0 Å². The second kappa shape index (κ2) is 9.99. The molecule has 0 bridgehead atoms. The number of halogens is 1. The normalized spacial score (nSPS) is 13.1. The highest BCUT2D eigenvalue weighted by molar-refractivity contribution is 5.77. The van der Waals surface area contributed by atoms with Crippen molar-refractivity contribution in [3.8, 4) is 0 Å². The van der Waals surface area contributed by atoms with Gasteiger partial charge in [-0.2, -0.15) is 0 Å². The zero-order valence-electron chi connectivity index (χ0n) is 16.5. The van der Waals surface area contributed by atoms with Gasteiger partial charge >= 0.3 is 0 Å². The molecule has 0 spiro atoms. The standard InChI is InChI=1S/C25H26FNO2/c1-18(16-24(28)21-12-14-22(26)15-13-21)27-25(29)17-23(19-8-4-2-5-9-19)20-10-6-3-7-11-20/h2-15,18,23-24,28H,16-17H2,1H3,(H,27,29)/t18-,24-/m1/s1. The van der Waals surface area contributed by atoms with Gasteiger partial charge in [0.05, 0.1) is 6.10 Å². The summed E-state index contributed by atoms with van der Waals surface area (Å²) in [6.07, 6.45) is -0.0751. The van der Waals surface area contributed by atoms with E-state index in [4.69, 9.17) is 0 Å². The zero-order chi connectivity index (χ0) is 20.6. The molecule has 3 aromatic rings. The van der Waals surface area contributed by atoms with Crippen LogP contribution >= 0.6 is 0 Å². The largest absolute Gasteiger partial charge is 0.388 e. The minimum atomic E-state index is -0.759. The molecule has 0 aromatic heterocycles. The van der Waals surface area contributed by atoms with Gasteiger partial charge in [-0.3, -0.25) is 4.79 Å². The number of hydrogen-bond donors (Lipinski definition) is 2. The van der Waals surface area contributed by atoms with Crippen LogP contribution in [-0.4, -0.2) is 17.1 Å². The van der Waals surface area contributed by atoms with E-state index in [1.807, 2.05) is 67.6 Å². The van der Waals surface area contributed by atoms with Gasteiger partial charge in [0.15, 0.2) is 0 Å². The van der Waals surface area contributed by atoms with Gasteiger partial charge in [-0.1, -0.05) is 72.8 Å². The van der Waals surface area contributed by atoms with Crippen molar-refractivity contribution in [2.45, 2.75) is 37.8 Å². The van der Waals surface area contributed by atoms with Gasteiger partial charge in [0.1, 0.15) is 5.82 Å². The highest BCUT2D eigenvalue weighted by Crippen LogP contribution is 2.28. The summed E-state index contributed by atoms with van der Waals surface area (Å²) in [6.45, 7) is 1.87. The van der Waals surface area contributed by atoms with Crippen LogP contribution in [0.15, 0.2) is 84.9 Å². The SMILES string of the molecule is C[C@H](C[C@@H](O)c1ccc(F)cc1)NC(=O)CC(c1ccccc1)c1ccccc1. The van der Waals surface area contributed by atoms with E-state index < -0.39 is 6.10 Å². The molecule has 3 nitrogen and oxygen atoms in total. The van der Waals surface area contributed by atoms with E-state index in [0.29, 0.717) is 18.4 Å². The second-order valence-electron chi connectivity index (χ2n) is 7.35. The molecule has 3 rings (SSSR count). The predicted molar refractivity (Wildman–Crippen MR) is 113 cm³/mol. The quantitative estimate of drug-likeness (QED) is 0.569. The van der Waals surface area contributed by atoms with E-state index in [9.17, 15) is 14.3 Å². The molecule has 0 aliphatic heterocycles.